The van der Waals surface area contributed by atoms with Crippen molar-refractivity contribution in [1.82, 2.24) is 15.1 Å². The molecule has 1 fully saturated rings. The van der Waals surface area contributed by atoms with Gasteiger partial charge in [0.2, 0.25) is 11.8 Å². The smallest absolute Gasteiger partial charge is 0.247 e. The molecule has 32 heavy (non-hydrogen) atoms. The summed E-state index contributed by atoms with van der Waals surface area (Å²) < 4.78 is 11.3. The lowest BCUT2D eigenvalue weighted by molar-refractivity contribution is 0.117. The second-order valence-electron chi connectivity index (χ2n) is 9.82. The van der Waals surface area contributed by atoms with Gasteiger partial charge in [-0.3, -0.25) is 4.90 Å². The molecule has 0 radical (unpaired) electrons. The van der Waals surface area contributed by atoms with E-state index in [0.717, 1.165) is 43.7 Å². The summed E-state index contributed by atoms with van der Waals surface area (Å²) >= 11 is 0. The summed E-state index contributed by atoms with van der Waals surface area (Å²) in [4.78, 5) is 2.50. The molecular formula is C26H37N3O3. The van der Waals surface area contributed by atoms with Crippen molar-refractivity contribution in [2.75, 3.05) is 26.8 Å². The second-order valence-corrected chi connectivity index (χ2v) is 9.82. The van der Waals surface area contributed by atoms with Crippen LogP contribution in [0.25, 0.3) is 11.5 Å². The molecule has 1 aromatic heterocycles. The van der Waals surface area contributed by atoms with Gasteiger partial charge in [0.1, 0.15) is 5.75 Å². The first kappa shape index (κ1) is 23.0. The van der Waals surface area contributed by atoms with Gasteiger partial charge in [0.25, 0.3) is 0 Å². The molecule has 4 unspecified atom stereocenters. The maximum absolute atomic E-state index is 9.72. The Morgan fingerprint density at radius 3 is 2.69 bits per heavy atom. The number of allylic oxidation sites excluding steroid dienone is 1. The van der Waals surface area contributed by atoms with Gasteiger partial charge in [-0.15, -0.1) is 10.2 Å². The van der Waals surface area contributed by atoms with Crippen molar-refractivity contribution < 1.29 is 14.3 Å². The summed E-state index contributed by atoms with van der Waals surface area (Å²) in [6, 6.07) is 8.03. The Morgan fingerprint density at radius 2 is 2.00 bits per heavy atom. The van der Waals surface area contributed by atoms with Crippen LogP contribution in [0.15, 0.2) is 40.3 Å². The lowest BCUT2D eigenvalue weighted by atomic mass is 9.69. The third-order valence-corrected chi connectivity index (χ3v) is 7.46. The van der Waals surface area contributed by atoms with Gasteiger partial charge in [0.05, 0.1) is 13.7 Å². The van der Waals surface area contributed by atoms with Crippen LogP contribution in [-0.4, -0.2) is 53.1 Å². The average Bonchev–Trinajstić information content (AvgIpc) is 3.44. The molecule has 6 heteroatoms. The van der Waals surface area contributed by atoms with Crippen molar-refractivity contribution in [1.29, 1.82) is 0 Å². The van der Waals surface area contributed by atoms with Crippen molar-refractivity contribution in [2.45, 2.75) is 52.5 Å². The highest BCUT2D eigenvalue weighted by Gasteiger charge is 2.35. The van der Waals surface area contributed by atoms with E-state index in [0.29, 0.717) is 41.5 Å². The molecule has 0 bridgehead atoms. The predicted octanol–water partition coefficient (Wildman–Crippen LogP) is 4.60. The van der Waals surface area contributed by atoms with Crippen LogP contribution in [-0.2, 0) is 6.42 Å². The van der Waals surface area contributed by atoms with Crippen LogP contribution < -0.4 is 4.74 Å². The molecule has 1 N–H and O–H groups in total. The number of methoxy groups -OCH3 is 1. The minimum atomic E-state index is 0.276. The Morgan fingerprint density at radius 1 is 1.22 bits per heavy atom. The number of hydrogen-bond acceptors (Lipinski definition) is 6. The van der Waals surface area contributed by atoms with E-state index in [2.05, 4.69) is 41.9 Å². The summed E-state index contributed by atoms with van der Waals surface area (Å²) in [5.41, 5.74) is 2.33. The first-order chi connectivity index (χ1) is 15.5. The van der Waals surface area contributed by atoms with E-state index in [1.165, 1.54) is 12.0 Å². The fourth-order valence-corrected chi connectivity index (χ4v) is 5.50. The van der Waals surface area contributed by atoms with Crippen LogP contribution in [0.5, 0.6) is 5.75 Å². The number of benzene rings is 1. The van der Waals surface area contributed by atoms with Crippen LogP contribution >= 0.6 is 0 Å². The number of ether oxygens (including phenoxy) is 1. The summed E-state index contributed by atoms with van der Waals surface area (Å²) in [5, 5.41) is 18.3. The van der Waals surface area contributed by atoms with Crippen LogP contribution in [0.2, 0.25) is 0 Å². The maximum Gasteiger partial charge on any atom is 0.247 e. The minimum Gasteiger partial charge on any atom is -0.497 e. The summed E-state index contributed by atoms with van der Waals surface area (Å²) in [6.45, 7) is 9.37. The monoisotopic (exact) mass is 439 g/mol. The topological polar surface area (TPSA) is 71.6 Å². The molecule has 2 aliphatic rings. The number of likely N-dealkylation sites (tertiary alicyclic amines) is 1. The minimum absolute atomic E-state index is 0.276. The van der Waals surface area contributed by atoms with Crippen molar-refractivity contribution in [2.24, 2.45) is 23.7 Å². The molecule has 1 aromatic carbocycles. The molecule has 1 aliphatic heterocycles. The van der Waals surface area contributed by atoms with Gasteiger partial charge in [0, 0.05) is 24.6 Å². The second kappa shape index (κ2) is 10.2. The van der Waals surface area contributed by atoms with E-state index in [1.54, 1.807) is 7.11 Å². The Kier molecular flexibility index (Phi) is 7.31. The molecule has 2 aromatic rings. The molecule has 0 spiro atoms. The number of rotatable bonds is 8. The van der Waals surface area contributed by atoms with Crippen LogP contribution in [0.3, 0.4) is 0 Å². The Balaban J connectivity index is 1.45. The summed E-state index contributed by atoms with van der Waals surface area (Å²) in [7, 11) is 1.66. The standard InChI is InChI=1S/C26H37N3O3/c1-17(2)24-13-20(18(3)12-21(24)15-29-11-5-6-22(29)16-30)14-25-27-28-26(32-25)19-7-9-23(31-4)10-8-19/h7-10,12,17,20-22,24,30H,5-6,11,13-16H2,1-4H3. The molecule has 0 amide bonds. The number of aliphatic hydroxyl groups excluding tert-OH is 1. The lowest BCUT2D eigenvalue weighted by Crippen LogP contribution is -2.40. The summed E-state index contributed by atoms with van der Waals surface area (Å²) in [5.74, 6) is 4.26. The highest BCUT2D eigenvalue weighted by Crippen LogP contribution is 2.40. The van der Waals surface area contributed by atoms with Gasteiger partial charge in [-0.25, -0.2) is 0 Å². The van der Waals surface area contributed by atoms with E-state index in [4.69, 9.17) is 9.15 Å². The first-order valence-electron chi connectivity index (χ1n) is 12.0. The van der Waals surface area contributed by atoms with Gasteiger partial charge in [-0.1, -0.05) is 25.5 Å². The normalized spacial score (nSPS) is 26.5. The number of aromatic nitrogens is 2. The zero-order valence-electron chi connectivity index (χ0n) is 19.8. The van der Waals surface area contributed by atoms with Crippen molar-refractivity contribution in [3.8, 4) is 17.2 Å². The van der Waals surface area contributed by atoms with E-state index in [-0.39, 0.29) is 6.61 Å². The van der Waals surface area contributed by atoms with Crippen molar-refractivity contribution in [3.63, 3.8) is 0 Å². The third-order valence-electron chi connectivity index (χ3n) is 7.46. The quantitative estimate of drug-likeness (QED) is 0.606. The zero-order chi connectivity index (χ0) is 22.7. The van der Waals surface area contributed by atoms with Gasteiger partial charge < -0.3 is 14.3 Å². The van der Waals surface area contributed by atoms with E-state index < -0.39 is 0 Å². The lowest BCUT2D eigenvalue weighted by Gasteiger charge is -2.39. The third kappa shape index (κ3) is 5.07. The fourth-order valence-electron chi connectivity index (χ4n) is 5.50. The fraction of sp³-hybridized carbons (Fsp3) is 0.615. The molecule has 174 valence electrons. The van der Waals surface area contributed by atoms with Crippen molar-refractivity contribution in [3.05, 3.63) is 41.8 Å². The van der Waals surface area contributed by atoms with Gasteiger partial charge in [-0.05, 0) is 80.7 Å². The van der Waals surface area contributed by atoms with Gasteiger partial charge in [0.15, 0.2) is 0 Å². The maximum atomic E-state index is 9.72. The van der Waals surface area contributed by atoms with E-state index in [9.17, 15) is 5.11 Å². The first-order valence-corrected chi connectivity index (χ1v) is 12.0. The van der Waals surface area contributed by atoms with Gasteiger partial charge in [-0.2, -0.15) is 0 Å². The van der Waals surface area contributed by atoms with Gasteiger partial charge >= 0.3 is 0 Å². The molecule has 4 atom stereocenters. The van der Waals surface area contributed by atoms with Crippen LogP contribution in [0.1, 0.15) is 45.9 Å². The molecule has 4 rings (SSSR count). The molecule has 6 nitrogen and oxygen atoms in total. The van der Waals surface area contributed by atoms with Crippen LogP contribution in [0, 0.1) is 23.7 Å². The number of hydrogen-bond donors (Lipinski definition) is 1. The number of aliphatic hydroxyl groups is 1. The average molecular weight is 440 g/mol. The summed E-state index contributed by atoms with van der Waals surface area (Å²) in [6.07, 6.45) is 6.73. The van der Waals surface area contributed by atoms with E-state index >= 15 is 0 Å². The molecular weight excluding hydrogens is 402 g/mol. The number of nitrogens with zero attached hydrogens (tertiary/aromatic N) is 3. The SMILES string of the molecule is COc1ccc(-c2nnc(CC3CC(C(C)C)C(CN4CCCC4CO)C=C3C)o2)cc1. The zero-order valence-corrected chi connectivity index (χ0v) is 19.8. The molecule has 0 saturated carbocycles. The Labute approximate surface area is 191 Å². The highest BCUT2D eigenvalue weighted by molar-refractivity contribution is 5.53. The van der Waals surface area contributed by atoms with Crippen LogP contribution in [0.4, 0.5) is 0 Å². The predicted molar refractivity (Wildman–Crippen MR) is 125 cm³/mol. The highest BCUT2D eigenvalue weighted by atomic mass is 16.5. The molecule has 1 aliphatic carbocycles. The Bertz CT molecular complexity index is 905. The molecule has 2 heterocycles. The largest absolute Gasteiger partial charge is 0.497 e. The van der Waals surface area contributed by atoms with Crippen molar-refractivity contribution >= 4 is 0 Å². The Hall–Kier alpha value is -2.18. The molecule has 1 saturated heterocycles. The van der Waals surface area contributed by atoms with E-state index in [1.807, 2.05) is 24.3 Å².